The number of phenols is 1. The lowest BCUT2D eigenvalue weighted by Crippen LogP contribution is -2.46. The molecule has 2 aromatic carbocycles. The fourth-order valence-electron chi connectivity index (χ4n) is 3.97. The third-order valence-corrected chi connectivity index (χ3v) is 6.95. The van der Waals surface area contributed by atoms with Crippen LogP contribution in [0.2, 0.25) is 0 Å². The highest BCUT2D eigenvalue weighted by molar-refractivity contribution is 7.98. The Hall–Kier alpha value is -3.04. The number of rotatable bonds is 8. The van der Waals surface area contributed by atoms with Crippen molar-refractivity contribution >= 4 is 34.7 Å². The lowest BCUT2D eigenvalue weighted by atomic mass is 9.94. The SMILES string of the molecule is CCCCN1C(=S)NC(c2ccc(OC)c(O)c2)C(c2nc(-c3ccc(SC)cc3)no2)=C1C. The molecule has 0 saturated carbocycles. The fourth-order valence-corrected chi connectivity index (χ4v) is 4.72. The summed E-state index contributed by atoms with van der Waals surface area (Å²) in [6.07, 6.45) is 4.09. The summed E-state index contributed by atoms with van der Waals surface area (Å²) in [5, 5.41) is 18.7. The minimum Gasteiger partial charge on any atom is -0.504 e. The van der Waals surface area contributed by atoms with Crippen molar-refractivity contribution in [2.45, 2.75) is 37.6 Å². The number of hydrogen-bond donors (Lipinski definition) is 2. The van der Waals surface area contributed by atoms with Gasteiger partial charge in [0, 0.05) is 22.7 Å². The number of unbranched alkanes of at least 4 members (excludes halogenated alkanes) is 1. The van der Waals surface area contributed by atoms with E-state index in [4.69, 9.17) is 26.5 Å². The number of aromatic nitrogens is 2. The number of benzene rings is 2. The molecule has 2 N–H and O–H groups in total. The van der Waals surface area contributed by atoms with Gasteiger partial charge < -0.3 is 24.6 Å². The maximum atomic E-state index is 10.4. The minimum atomic E-state index is -0.366. The topological polar surface area (TPSA) is 83.7 Å². The molecule has 9 heteroatoms. The molecule has 0 bridgehead atoms. The molecule has 1 atom stereocenters. The first-order chi connectivity index (χ1) is 16.5. The van der Waals surface area contributed by atoms with Crippen molar-refractivity contribution in [2.75, 3.05) is 19.9 Å². The van der Waals surface area contributed by atoms with Crippen LogP contribution in [0.15, 0.2) is 57.6 Å². The summed E-state index contributed by atoms with van der Waals surface area (Å²) in [7, 11) is 1.52. The zero-order valence-corrected chi connectivity index (χ0v) is 21.3. The summed E-state index contributed by atoms with van der Waals surface area (Å²) in [5.41, 5.74) is 3.47. The quantitative estimate of drug-likeness (QED) is 0.304. The van der Waals surface area contributed by atoms with Gasteiger partial charge >= 0.3 is 0 Å². The van der Waals surface area contributed by atoms with Crippen LogP contribution in [-0.4, -0.2) is 45.2 Å². The van der Waals surface area contributed by atoms with Crippen LogP contribution in [-0.2, 0) is 0 Å². The first kappa shape index (κ1) is 24.1. The van der Waals surface area contributed by atoms with Crippen LogP contribution in [0.5, 0.6) is 11.5 Å². The lowest BCUT2D eigenvalue weighted by molar-refractivity contribution is 0.372. The van der Waals surface area contributed by atoms with Gasteiger partial charge in [-0.05, 0) is 73.8 Å². The number of hydrogen-bond acceptors (Lipinski definition) is 7. The van der Waals surface area contributed by atoms with Crippen molar-refractivity contribution in [1.82, 2.24) is 20.4 Å². The maximum absolute atomic E-state index is 10.4. The summed E-state index contributed by atoms with van der Waals surface area (Å²) >= 11 is 7.39. The molecule has 0 aliphatic carbocycles. The summed E-state index contributed by atoms with van der Waals surface area (Å²) in [6.45, 7) is 4.96. The van der Waals surface area contributed by atoms with Gasteiger partial charge in [0.15, 0.2) is 16.6 Å². The lowest BCUT2D eigenvalue weighted by Gasteiger charge is -2.37. The minimum absolute atomic E-state index is 0.0539. The molecule has 0 spiro atoms. The van der Waals surface area contributed by atoms with Gasteiger partial charge in [0.25, 0.3) is 5.89 Å². The molecule has 34 heavy (non-hydrogen) atoms. The van der Waals surface area contributed by atoms with E-state index in [1.165, 1.54) is 12.0 Å². The van der Waals surface area contributed by atoms with Crippen LogP contribution < -0.4 is 10.1 Å². The summed E-state index contributed by atoms with van der Waals surface area (Å²) in [5.74, 6) is 1.40. The molecule has 178 valence electrons. The second kappa shape index (κ2) is 10.5. The Kier molecular flexibility index (Phi) is 7.43. The van der Waals surface area contributed by atoms with Crippen molar-refractivity contribution < 1.29 is 14.4 Å². The normalized spacial score (nSPS) is 16.1. The van der Waals surface area contributed by atoms with Crippen molar-refractivity contribution in [1.29, 1.82) is 0 Å². The monoisotopic (exact) mass is 496 g/mol. The van der Waals surface area contributed by atoms with Gasteiger partial charge in [-0.2, -0.15) is 4.98 Å². The van der Waals surface area contributed by atoms with E-state index in [0.717, 1.165) is 41.8 Å². The van der Waals surface area contributed by atoms with Crippen LogP contribution >= 0.6 is 24.0 Å². The van der Waals surface area contributed by atoms with Crippen LogP contribution in [0.25, 0.3) is 17.0 Å². The van der Waals surface area contributed by atoms with E-state index in [0.29, 0.717) is 22.6 Å². The third-order valence-electron chi connectivity index (χ3n) is 5.87. The van der Waals surface area contributed by atoms with Gasteiger partial charge in [-0.3, -0.25) is 0 Å². The standard InChI is InChI=1S/C25H28N4O3S2/c1-5-6-13-29-15(2)21(22(26-25(29)33)17-9-12-20(31-3)19(30)14-17)24-27-23(28-32-24)16-7-10-18(34-4)11-8-16/h7-12,14,22,30H,5-6,13H2,1-4H3,(H,26,33). The molecule has 0 fully saturated rings. The Morgan fingerprint density at radius 2 is 2.00 bits per heavy atom. The largest absolute Gasteiger partial charge is 0.504 e. The Bertz CT molecular complexity index is 1210. The smallest absolute Gasteiger partial charge is 0.258 e. The highest BCUT2D eigenvalue weighted by Crippen LogP contribution is 2.40. The van der Waals surface area contributed by atoms with E-state index in [1.807, 2.05) is 43.5 Å². The maximum Gasteiger partial charge on any atom is 0.258 e. The number of nitrogens with one attached hydrogen (secondary N) is 1. The van der Waals surface area contributed by atoms with E-state index < -0.39 is 0 Å². The average molecular weight is 497 g/mol. The Morgan fingerprint density at radius 1 is 1.24 bits per heavy atom. The molecular formula is C25H28N4O3S2. The third kappa shape index (κ3) is 4.76. The van der Waals surface area contributed by atoms with E-state index in [1.54, 1.807) is 23.9 Å². The molecule has 4 rings (SSSR count). The number of thioether (sulfide) groups is 1. The fraction of sp³-hybridized carbons (Fsp3) is 0.320. The van der Waals surface area contributed by atoms with Gasteiger partial charge in [-0.1, -0.05) is 24.6 Å². The van der Waals surface area contributed by atoms with Gasteiger partial charge in [0.2, 0.25) is 5.82 Å². The summed E-state index contributed by atoms with van der Waals surface area (Å²) in [6, 6.07) is 13.0. The number of nitrogens with zero attached hydrogens (tertiary/aromatic N) is 3. The van der Waals surface area contributed by atoms with Crippen molar-refractivity contribution in [3.05, 3.63) is 59.6 Å². The molecule has 1 aliphatic rings. The van der Waals surface area contributed by atoms with E-state index >= 15 is 0 Å². The molecule has 1 unspecified atom stereocenters. The van der Waals surface area contributed by atoms with E-state index in [2.05, 4.69) is 22.3 Å². The number of aromatic hydroxyl groups is 1. The first-order valence-electron chi connectivity index (χ1n) is 11.1. The van der Waals surface area contributed by atoms with Crippen molar-refractivity contribution in [2.24, 2.45) is 0 Å². The Labute approximate surface area is 209 Å². The molecule has 3 aromatic rings. The first-order valence-corrected chi connectivity index (χ1v) is 12.7. The highest BCUT2D eigenvalue weighted by Gasteiger charge is 2.34. The van der Waals surface area contributed by atoms with Gasteiger partial charge in [-0.15, -0.1) is 11.8 Å². The molecule has 1 aromatic heterocycles. The van der Waals surface area contributed by atoms with E-state index in [9.17, 15) is 5.11 Å². The summed E-state index contributed by atoms with van der Waals surface area (Å²) < 4.78 is 11.0. The predicted octanol–water partition coefficient (Wildman–Crippen LogP) is 5.64. The molecule has 7 nitrogen and oxygen atoms in total. The number of phenolic OH excluding ortho intramolecular Hbond substituents is 1. The highest BCUT2D eigenvalue weighted by atomic mass is 32.2. The zero-order valence-electron chi connectivity index (χ0n) is 19.7. The number of methoxy groups -OCH3 is 1. The number of ether oxygens (including phenoxy) is 1. The van der Waals surface area contributed by atoms with Crippen molar-refractivity contribution in [3.8, 4) is 22.9 Å². The van der Waals surface area contributed by atoms with Crippen LogP contribution in [0.4, 0.5) is 0 Å². The van der Waals surface area contributed by atoms with Gasteiger partial charge in [-0.25, -0.2) is 0 Å². The van der Waals surface area contributed by atoms with Crippen LogP contribution in [0.1, 0.15) is 44.2 Å². The number of thiocarbonyl (C=S) groups is 1. The summed E-state index contributed by atoms with van der Waals surface area (Å²) in [4.78, 5) is 7.99. The molecule has 1 aliphatic heterocycles. The van der Waals surface area contributed by atoms with Crippen LogP contribution in [0.3, 0.4) is 0 Å². The second-order valence-electron chi connectivity index (χ2n) is 7.97. The molecule has 0 radical (unpaired) electrons. The van der Waals surface area contributed by atoms with E-state index in [-0.39, 0.29) is 11.8 Å². The average Bonchev–Trinajstić information content (AvgIpc) is 3.33. The van der Waals surface area contributed by atoms with Crippen LogP contribution in [0, 0.1) is 0 Å². The molecule has 0 amide bonds. The van der Waals surface area contributed by atoms with Gasteiger partial charge in [0.05, 0.1) is 18.7 Å². The Morgan fingerprint density at radius 3 is 2.65 bits per heavy atom. The predicted molar refractivity (Wildman–Crippen MR) is 139 cm³/mol. The van der Waals surface area contributed by atoms with Gasteiger partial charge in [0.1, 0.15) is 0 Å². The Balaban J connectivity index is 1.78. The molecule has 2 heterocycles. The zero-order chi connectivity index (χ0) is 24.2. The molecular weight excluding hydrogens is 468 g/mol. The van der Waals surface area contributed by atoms with Crippen molar-refractivity contribution in [3.63, 3.8) is 0 Å². The number of allylic oxidation sites excluding steroid dienone is 1. The second-order valence-corrected chi connectivity index (χ2v) is 9.24. The molecule has 0 saturated heterocycles.